The molecule has 0 radical (unpaired) electrons. The van der Waals surface area contributed by atoms with Gasteiger partial charge in [-0.25, -0.2) is 0 Å². The number of ether oxygens (including phenoxy) is 2. The zero-order chi connectivity index (χ0) is 8.81. The van der Waals surface area contributed by atoms with Gasteiger partial charge in [0.05, 0.1) is 0 Å². The second kappa shape index (κ2) is 4.66. The summed E-state index contributed by atoms with van der Waals surface area (Å²) in [5.74, 6) is 0.512. The second-order valence-electron chi connectivity index (χ2n) is 2.00. The maximum absolute atomic E-state index is 11.4. The zero-order valence-corrected chi connectivity index (χ0v) is 6.24. The van der Waals surface area contributed by atoms with Crippen molar-refractivity contribution in [2.45, 2.75) is 6.61 Å². The quantitative estimate of drug-likeness (QED) is 0.652. The number of alkyl halides is 2. The number of halogens is 2. The highest BCUT2D eigenvalue weighted by molar-refractivity contribution is 5.20. The SMILES string of the molecule is FC(F)OCOc1ccccc1. The van der Waals surface area contributed by atoms with Crippen LogP contribution >= 0.6 is 0 Å². The summed E-state index contributed by atoms with van der Waals surface area (Å²) in [7, 11) is 0. The lowest BCUT2D eigenvalue weighted by Crippen LogP contribution is -2.06. The van der Waals surface area contributed by atoms with Crippen LogP contribution in [0.2, 0.25) is 0 Å². The van der Waals surface area contributed by atoms with Crippen molar-refractivity contribution in [3.8, 4) is 5.75 Å². The molecule has 66 valence electrons. The Morgan fingerprint density at radius 2 is 1.83 bits per heavy atom. The van der Waals surface area contributed by atoms with Crippen molar-refractivity contribution < 1.29 is 18.3 Å². The third-order valence-corrected chi connectivity index (χ3v) is 1.16. The largest absolute Gasteiger partial charge is 0.467 e. The topological polar surface area (TPSA) is 18.5 Å². The Kier molecular flexibility index (Phi) is 3.47. The first kappa shape index (κ1) is 8.93. The molecule has 0 saturated carbocycles. The van der Waals surface area contributed by atoms with Crippen LogP contribution in [0.3, 0.4) is 0 Å². The molecule has 0 aromatic heterocycles. The van der Waals surface area contributed by atoms with E-state index in [4.69, 9.17) is 4.74 Å². The van der Waals surface area contributed by atoms with E-state index in [-0.39, 0.29) is 0 Å². The van der Waals surface area contributed by atoms with Gasteiger partial charge >= 0.3 is 6.61 Å². The monoisotopic (exact) mass is 174 g/mol. The fourth-order valence-electron chi connectivity index (χ4n) is 0.670. The molecule has 1 rings (SSSR count). The molecule has 0 unspecified atom stereocenters. The third-order valence-electron chi connectivity index (χ3n) is 1.16. The summed E-state index contributed by atoms with van der Waals surface area (Å²) in [5, 5.41) is 0. The Morgan fingerprint density at radius 1 is 1.17 bits per heavy atom. The lowest BCUT2D eigenvalue weighted by Gasteiger charge is -2.04. The van der Waals surface area contributed by atoms with Gasteiger partial charge in [0.15, 0.2) is 6.79 Å². The summed E-state index contributed by atoms with van der Waals surface area (Å²) in [6.45, 7) is -3.21. The molecule has 12 heavy (non-hydrogen) atoms. The number of benzene rings is 1. The van der Waals surface area contributed by atoms with Crippen molar-refractivity contribution in [3.05, 3.63) is 30.3 Å². The highest BCUT2D eigenvalue weighted by Gasteiger charge is 2.00. The minimum Gasteiger partial charge on any atom is -0.467 e. The Bertz CT molecular complexity index is 214. The van der Waals surface area contributed by atoms with E-state index in [1.54, 1.807) is 30.3 Å². The highest BCUT2D eigenvalue weighted by atomic mass is 19.3. The zero-order valence-electron chi connectivity index (χ0n) is 6.24. The fraction of sp³-hybridized carbons (Fsp3) is 0.250. The summed E-state index contributed by atoms with van der Waals surface area (Å²) < 4.78 is 31.6. The predicted molar refractivity (Wildman–Crippen MR) is 39.0 cm³/mol. The van der Waals surface area contributed by atoms with E-state index in [0.29, 0.717) is 5.75 Å². The van der Waals surface area contributed by atoms with Crippen molar-refractivity contribution >= 4 is 0 Å². The molecule has 2 nitrogen and oxygen atoms in total. The molecular formula is C8H8F2O2. The van der Waals surface area contributed by atoms with Gasteiger partial charge in [-0.2, -0.15) is 8.78 Å². The van der Waals surface area contributed by atoms with Gasteiger partial charge in [0, 0.05) is 0 Å². The summed E-state index contributed by atoms with van der Waals surface area (Å²) in [5.41, 5.74) is 0. The number of para-hydroxylation sites is 1. The predicted octanol–water partition coefficient (Wildman–Crippen LogP) is 2.26. The first-order valence-electron chi connectivity index (χ1n) is 3.36. The van der Waals surface area contributed by atoms with Gasteiger partial charge in [0.2, 0.25) is 0 Å². The van der Waals surface area contributed by atoms with Gasteiger partial charge < -0.3 is 4.74 Å². The molecule has 0 saturated heterocycles. The third kappa shape index (κ3) is 3.30. The van der Waals surface area contributed by atoms with Crippen LogP contribution in [0.15, 0.2) is 30.3 Å². The van der Waals surface area contributed by atoms with Crippen LogP contribution in [-0.4, -0.2) is 13.4 Å². The molecule has 1 aromatic rings. The van der Waals surface area contributed by atoms with Crippen LogP contribution in [0.25, 0.3) is 0 Å². The minimum atomic E-state index is -2.78. The second-order valence-corrected chi connectivity index (χ2v) is 2.00. The summed E-state index contributed by atoms with van der Waals surface area (Å²) in [4.78, 5) is 0. The number of hydrogen-bond donors (Lipinski definition) is 0. The lowest BCUT2D eigenvalue weighted by atomic mass is 10.3. The van der Waals surface area contributed by atoms with Crippen LogP contribution in [0, 0.1) is 0 Å². The average molecular weight is 174 g/mol. The van der Waals surface area contributed by atoms with Gasteiger partial charge in [-0.1, -0.05) is 18.2 Å². The van der Waals surface area contributed by atoms with Crippen molar-refractivity contribution in [1.29, 1.82) is 0 Å². The maximum Gasteiger partial charge on any atom is 0.348 e. The van der Waals surface area contributed by atoms with E-state index in [2.05, 4.69) is 4.74 Å². The molecule has 4 heteroatoms. The molecule has 0 N–H and O–H groups in total. The molecule has 0 aliphatic carbocycles. The Labute approximate surface area is 68.7 Å². The standard InChI is InChI=1S/C8H8F2O2/c9-8(10)12-6-11-7-4-2-1-3-5-7/h1-5,8H,6H2. The number of hydrogen-bond acceptors (Lipinski definition) is 2. The van der Waals surface area contributed by atoms with Gasteiger partial charge in [-0.05, 0) is 12.1 Å². The van der Waals surface area contributed by atoms with E-state index >= 15 is 0 Å². The van der Waals surface area contributed by atoms with E-state index < -0.39 is 13.4 Å². The van der Waals surface area contributed by atoms with Gasteiger partial charge in [-0.15, -0.1) is 0 Å². The van der Waals surface area contributed by atoms with Crippen LogP contribution in [-0.2, 0) is 4.74 Å². The maximum atomic E-state index is 11.4. The molecule has 0 heterocycles. The number of rotatable bonds is 4. The van der Waals surface area contributed by atoms with Crippen LogP contribution < -0.4 is 4.74 Å². The Morgan fingerprint density at radius 3 is 2.42 bits per heavy atom. The van der Waals surface area contributed by atoms with Crippen molar-refractivity contribution in [1.82, 2.24) is 0 Å². The Hall–Kier alpha value is -1.16. The molecule has 0 amide bonds. The van der Waals surface area contributed by atoms with Gasteiger partial charge in [0.25, 0.3) is 0 Å². The average Bonchev–Trinajstić information content (AvgIpc) is 2.05. The molecule has 0 atom stereocenters. The normalized spacial score (nSPS) is 10.2. The van der Waals surface area contributed by atoms with Crippen LogP contribution in [0.5, 0.6) is 5.75 Å². The van der Waals surface area contributed by atoms with E-state index in [9.17, 15) is 8.78 Å². The highest BCUT2D eigenvalue weighted by Crippen LogP contribution is 2.08. The fourth-order valence-corrected chi connectivity index (χ4v) is 0.670. The molecule has 0 spiro atoms. The van der Waals surface area contributed by atoms with Crippen molar-refractivity contribution in [3.63, 3.8) is 0 Å². The lowest BCUT2D eigenvalue weighted by molar-refractivity contribution is -0.167. The first-order valence-corrected chi connectivity index (χ1v) is 3.36. The van der Waals surface area contributed by atoms with E-state index in [0.717, 1.165) is 0 Å². The van der Waals surface area contributed by atoms with Crippen molar-refractivity contribution in [2.24, 2.45) is 0 Å². The van der Waals surface area contributed by atoms with E-state index in [1.165, 1.54) is 0 Å². The van der Waals surface area contributed by atoms with Crippen LogP contribution in [0.1, 0.15) is 0 Å². The molecule has 1 aromatic carbocycles. The first-order chi connectivity index (χ1) is 5.79. The van der Waals surface area contributed by atoms with Gasteiger partial charge in [-0.3, -0.25) is 4.74 Å². The van der Waals surface area contributed by atoms with Gasteiger partial charge in [0.1, 0.15) is 5.75 Å². The summed E-state index contributed by atoms with van der Waals surface area (Å²) >= 11 is 0. The smallest absolute Gasteiger partial charge is 0.348 e. The summed E-state index contributed by atoms with van der Waals surface area (Å²) in [6, 6.07) is 8.62. The van der Waals surface area contributed by atoms with Crippen LogP contribution in [0.4, 0.5) is 8.78 Å². The van der Waals surface area contributed by atoms with E-state index in [1.807, 2.05) is 0 Å². The molecule has 0 aliphatic heterocycles. The minimum absolute atomic E-state index is 0.429. The molecule has 0 bridgehead atoms. The molecule has 0 fully saturated rings. The Balaban J connectivity index is 2.25. The summed E-state index contributed by atoms with van der Waals surface area (Å²) in [6.07, 6.45) is 0. The molecular weight excluding hydrogens is 166 g/mol. The van der Waals surface area contributed by atoms with Crippen molar-refractivity contribution in [2.75, 3.05) is 6.79 Å². The molecule has 0 aliphatic rings.